The van der Waals surface area contributed by atoms with Gasteiger partial charge in [0, 0.05) is 12.3 Å². The van der Waals surface area contributed by atoms with Crippen LogP contribution in [0, 0.1) is 5.92 Å². The van der Waals surface area contributed by atoms with Crippen molar-refractivity contribution < 1.29 is 0 Å². The molecule has 1 heterocycles. The first-order chi connectivity index (χ1) is 6.09. The van der Waals surface area contributed by atoms with Crippen molar-refractivity contribution >= 4 is 0 Å². The van der Waals surface area contributed by atoms with E-state index in [9.17, 15) is 0 Å². The summed E-state index contributed by atoms with van der Waals surface area (Å²) in [7, 11) is 0. The van der Waals surface area contributed by atoms with Crippen molar-refractivity contribution in [2.24, 2.45) is 5.92 Å². The zero-order valence-electron chi connectivity index (χ0n) is 8.78. The molecule has 0 aliphatic heterocycles. The van der Waals surface area contributed by atoms with Crippen LogP contribution in [0.5, 0.6) is 0 Å². The average Bonchev–Trinajstić information content (AvgIpc) is 2.03. The summed E-state index contributed by atoms with van der Waals surface area (Å²) in [6, 6.07) is 0. The molecule has 0 saturated carbocycles. The lowest BCUT2D eigenvalue weighted by Crippen LogP contribution is -2.06. The van der Waals surface area contributed by atoms with Gasteiger partial charge >= 0.3 is 0 Å². The standard InChI is InChI=1S/C10H17N3/c1-7(2)5-9-11-6-12-10(13-9)8(3)4/h6-8H,5H2,1-4H3. The Morgan fingerprint density at radius 1 is 1.15 bits per heavy atom. The van der Waals surface area contributed by atoms with Gasteiger partial charge in [-0.05, 0) is 5.92 Å². The van der Waals surface area contributed by atoms with Crippen molar-refractivity contribution in [3.63, 3.8) is 0 Å². The first-order valence-corrected chi connectivity index (χ1v) is 4.77. The van der Waals surface area contributed by atoms with Crippen LogP contribution >= 0.6 is 0 Å². The van der Waals surface area contributed by atoms with Crippen molar-refractivity contribution in [1.29, 1.82) is 0 Å². The number of nitrogens with zero attached hydrogens (tertiary/aromatic N) is 3. The second-order valence-electron chi connectivity index (χ2n) is 4.01. The van der Waals surface area contributed by atoms with Crippen LogP contribution in [0.15, 0.2) is 6.33 Å². The number of hydrogen-bond acceptors (Lipinski definition) is 3. The molecule has 0 radical (unpaired) electrons. The summed E-state index contributed by atoms with van der Waals surface area (Å²) in [6.45, 7) is 8.51. The Kier molecular flexibility index (Phi) is 3.34. The maximum Gasteiger partial charge on any atom is 0.134 e. The van der Waals surface area contributed by atoms with E-state index in [-0.39, 0.29) is 0 Å². The molecule has 1 aromatic rings. The summed E-state index contributed by atoms with van der Waals surface area (Å²) in [5, 5.41) is 0. The third-order valence-electron chi connectivity index (χ3n) is 1.75. The fraction of sp³-hybridized carbons (Fsp3) is 0.700. The van der Waals surface area contributed by atoms with Crippen molar-refractivity contribution in [2.75, 3.05) is 0 Å². The van der Waals surface area contributed by atoms with Gasteiger partial charge in [-0.1, -0.05) is 27.7 Å². The highest BCUT2D eigenvalue weighted by atomic mass is 15.0. The fourth-order valence-electron chi connectivity index (χ4n) is 1.09. The molecule has 0 unspecified atom stereocenters. The van der Waals surface area contributed by atoms with Gasteiger partial charge in [0.05, 0.1) is 0 Å². The van der Waals surface area contributed by atoms with Gasteiger partial charge < -0.3 is 0 Å². The Morgan fingerprint density at radius 2 is 1.85 bits per heavy atom. The Hall–Kier alpha value is -0.990. The molecule has 0 aliphatic carbocycles. The lowest BCUT2D eigenvalue weighted by molar-refractivity contribution is 0.606. The van der Waals surface area contributed by atoms with Gasteiger partial charge in [-0.15, -0.1) is 0 Å². The highest BCUT2D eigenvalue weighted by molar-refractivity contribution is 4.95. The molecule has 3 nitrogen and oxygen atoms in total. The molecule has 3 heteroatoms. The molecule has 0 amide bonds. The van der Waals surface area contributed by atoms with Crippen LogP contribution in [0.3, 0.4) is 0 Å². The molecular weight excluding hydrogens is 162 g/mol. The summed E-state index contributed by atoms with van der Waals surface area (Å²) < 4.78 is 0. The van der Waals surface area contributed by atoms with E-state index in [0.717, 1.165) is 18.1 Å². The van der Waals surface area contributed by atoms with E-state index in [1.54, 1.807) is 6.33 Å². The van der Waals surface area contributed by atoms with Crippen LogP contribution in [-0.2, 0) is 6.42 Å². The molecule has 0 N–H and O–H groups in total. The van der Waals surface area contributed by atoms with Crippen LogP contribution in [0.25, 0.3) is 0 Å². The predicted molar refractivity (Wildman–Crippen MR) is 52.5 cm³/mol. The second-order valence-corrected chi connectivity index (χ2v) is 4.01. The lowest BCUT2D eigenvalue weighted by Gasteiger charge is -2.06. The highest BCUT2D eigenvalue weighted by Crippen LogP contribution is 2.08. The Balaban J connectivity index is 2.79. The highest BCUT2D eigenvalue weighted by Gasteiger charge is 2.05. The Morgan fingerprint density at radius 3 is 2.38 bits per heavy atom. The molecule has 0 atom stereocenters. The molecule has 0 saturated heterocycles. The molecule has 0 spiro atoms. The van der Waals surface area contributed by atoms with E-state index in [2.05, 4.69) is 42.6 Å². The minimum atomic E-state index is 0.383. The van der Waals surface area contributed by atoms with E-state index in [1.165, 1.54) is 0 Å². The summed E-state index contributed by atoms with van der Waals surface area (Å²) in [6.07, 6.45) is 2.54. The third-order valence-corrected chi connectivity index (χ3v) is 1.75. The van der Waals surface area contributed by atoms with Crippen LogP contribution in [-0.4, -0.2) is 15.0 Å². The van der Waals surface area contributed by atoms with E-state index in [1.807, 2.05) is 0 Å². The zero-order valence-corrected chi connectivity index (χ0v) is 8.78. The van der Waals surface area contributed by atoms with E-state index in [4.69, 9.17) is 0 Å². The predicted octanol–water partition coefficient (Wildman–Crippen LogP) is 2.19. The molecular formula is C10H17N3. The van der Waals surface area contributed by atoms with Crippen LogP contribution in [0.1, 0.15) is 45.3 Å². The normalized spacial score (nSPS) is 11.2. The molecule has 0 aromatic carbocycles. The quantitative estimate of drug-likeness (QED) is 0.714. The Bertz CT molecular complexity index is 269. The second kappa shape index (κ2) is 4.30. The minimum absolute atomic E-state index is 0.383. The van der Waals surface area contributed by atoms with E-state index < -0.39 is 0 Å². The summed E-state index contributed by atoms with van der Waals surface area (Å²) in [5.74, 6) is 2.79. The summed E-state index contributed by atoms with van der Waals surface area (Å²) in [5.41, 5.74) is 0. The van der Waals surface area contributed by atoms with Crippen molar-refractivity contribution in [3.8, 4) is 0 Å². The molecule has 13 heavy (non-hydrogen) atoms. The molecule has 1 rings (SSSR count). The van der Waals surface area contributed by atoms with Gasteiger partial charge in [0.2, 0.25) is 0 Å². The fourth-order valence-corrected chi connectivity index (χ4v) is 1.09. The van der Waals surface area contributed by atoms with E-state index in [0.29, 0.717) is 11.8 Å². The lowest BCUT2D eigenvalue weighted by atomic mass is 10.1. The molecule has 1 aromatic heterocycles. The van der Waals surface area contributed by atoms with E-state index >= 15 is 0 Å². The van der Waals surface area contributed by atoms with Gasteiger partial charge in [0.25, 0.3) is 0 Å². The SMILES string of the molecule is CC(C)Cc1ncnc(C(C)C)n1. The largest absolute Gasteiger partial charge is 0.221 e. The smallest absolute Gasteiger partial charge is 0.134 e. The number of hydrogen-bond donors (Lipinski definition) is 0. The van der Waals surface area contributed by atoms with Crippen molar-refractivity contribution in [2.45, 2.75) is 40.0 Å². The number of rotatable bonds is 3. The molecule has 0 fully saturated rings. The Labute approximate surface area is 79.6 Å². The first kappa shape index (κ1) is 10.1. The topological polar surface area (TPSA) is 38.7 Å². The monoisotopic (exact) mass is 179 g/mol. The third kappa shape index (κ3) is 3.09. The van der Waals surface area contributed by atoms with Gasteiger partial charge in [-0.3, -0.25) is 0 Å². The molecule has 0 bridgehead atoms. The molecule has 0 aliphatic rings. The van der Waals surface area contributed by atoms with Crippen LogP contribution < -0.4 is 0 Å². The summed E-state index contributed by atoms with van der Waals surface area (Å²) in [4.78, 5) is 12.7. The maximum absolute atomic E-state index is 4.39. The zero-order chi connectivity index (χ0) is 9.84. The molecule has 72 valence electrons. The van der Waals surface area contributed by atoms with Gasteiger partial charge in [-0.2, -0.15) is 0 Å². The van der Waals surface area contributed by atoms with Gasteiger partial charge in [-0.25, -0.2) is 15.0 Å². The van der Waals surface area contributed by atoms with Crippen molar-refractivity contribution in [3.05, 3.63) is 18.0 Å². The first-order valence-electron chi connectivity index (χ1n) is 4.77. The average molecular weight is 179 g/mol. The van der Waals surface area contributed by atoms with Crippen molar-refractivity contribution in [1.82, 2.24) is 15.0 Å². The van der Waals surface area contributed by atoms with Gasteiger partial charge in [0.15, 0.2) is 0 Å². The minimum Gasteiger partial charge on any atom is -0.221 e. The maximum atomic E-state index is 4.39. The van der Waals surface area contributed by atoms with Crippen LogP contribution in [0.4, 0.5) is 0 Å². The number of aromatic nitrogens is 3. The van der Waals surface area contributed by atoms with Crippen LogP contribution in [0.2, 0.25) is 0 Å². The van der Waals surface area contributed by atoms with Gasteiger partial charge in [0.1, 0.15) is 18.0 Å². The summed E-state index contributed by atoms with van der Waals surface area (Å²) >= 11 is 0.